The lowest BCUT2D eigenvalue weighted by Crippen LogP contribution is -2.30. The lowest BCUT2D eigenvalue weighted by atomic mass is 10.1. The molecule has 1 aromatic carbocycles. The number of hydrogen-bond donors (Lipinski definition) is 1. The van der Waals surface area contributed by atoms with Gasteiger partial charge in [-0.3, -0.25) is 4.79 Å². The van der Waals surface area contributed by atoms with Crippen molar-refractivity contribution < 1.29 is 32.0 Å². The van der Waals surface area contributed by atoms with Gasteiger partial charge in [0, 0.05) is 6.07 Å². The van der Waals surface area contributed by atoms with E-state index in [1.54, 1.807) is 6.92 Å². The number of aryl methyl sites for hydroxylation is 1. The van der Waals surface area contributed by atoms with Crippen LogP contribution in [0.25, 0.3) is 0 Å². The highest BCUT2D eigenvalue weighted by atomic mass is 19.4. The molecule has 2 aromatic rings. The molecule has 0 saturated carbocycles. The van der Waals surface area contributed by atoms with Crippen LogP contribution in [0.2, 0.25) is 0 Å². The van der Waals surface area contributed by atoms with E-state index in [-0.39, 0.29) is 5.76 Å². The molecule has 0 spiro atoms. The summed E-state index contributed by atoms with van der Waals surface area (Å²) in [7, 11) is 0. The first kappa shape index (κ1) is 17.5. The molecule has 0 bridgehead atoms. The van der Waals surface area contributed by atoms with Crippen molar-refractivity contribution in [3.63, 3.8) is 0 Å². The maximum atomic E-state index is 12.9. The maximum Gasteiger partial charge on any atom is 0.418 e. The summed E-state index contributed by atoms with van der Waals surface area (Å²) in [5.74, 6) is -2.05. The van der Waals surface area contributed by atoms with Gasteiger partial charge >= 0.3 is 12.1 Å². The van der Waals surface area contributed by atoms with Crippen molar-refractivity contribution in [2.24, 2.45) is 0 Å². The van der Waals surface area contributed by atoms with E-state index in [2.05, 4.69) is 15.0 Å². The Morgan fingerprint density at radius 3 is 2.54 bits per heavy atom. The second-order valence-electron chi connectivity index (χ2n) is 4.91. The van der Waals surface area contributed by atoms with Crippen LogP contribution in [0.1, 0.15) is 28.7 Å². The summed E-state index contributed by atoms with van der Waals surface area (Å²) in [5, 5.41) is 5.59. The Labute approximate surface area is 134 Å². The van der Waals surface area contributed by atoms with Crippen molar-refractivity contribution in [2.45, 2.75) is 26.1 Å². The molecule has 0 unspecified atom stereocenters. The van der Waals surface area contributed by atoms with E-state index in [1.165, 1.54) is 25.1 Å². The number of benzene rings is 1. The number of para-hydroxylation sites is 1. The van der Waals surface area contributed by atoms with Crippen LogP contribution in [0.5, 0.6) is 0 Å². The molecule has 0 aliphatic rings. The largest absolute Gasteiger partial charge is 0.447 e. The van der Waals surface area contributed by atoms with Crippen molar-refractivity contribution >= 4 is 17.6 Å². The van der Waals surface area contributed by atoms with E-state index in [4.69, 9.17) is 4.74 Å². The van der Waals surface area contributed by atoms with Crippen LogP contribution in [-0.2, 0) is 15.7 Å². The lowest BCUT2D eigenvalue weighted by Gasteiger charge is -2.16. The molecule has 0 fully saturated rings. The van der Waals surface area contributed by atoms with Crippen molar-refractivity contribution in [2.75, 3.05) is 5.32 Å². The minimum Gasteiger partial charge on any atom is -0.447 e. The number of nitrogens with zero attached hydrogens (tertiary/aromatic N) is 1. The Hall–Kier alpha value is -2.84. The van der Waals surface area contributed by atoms with Crippen LogP contribution in [-0.4, -0.2) is 23.1 Å². The number of carbonyl (C=O) groups excluding carboxylic acids is 2. The van der Waals surface area contributed by atoms with Crippen molar-refractivity contribution in [1.82, 2.24) is 5.16 Å². The summed E-state index contributed by atoms with van der Waals surface area (Å²) in [6, 6.07) is 5.80. The molecular weight excluding hydrogens is 329 g/mol. The molecule has 24 heavy (non-hydrogen) atoms. The SMILES string of the molecule is Cc1cc(C(=O)O[C@@H](C)C(=O)Nc2ccccc2C(F)(F)F)on1. The van der Waals surface area contributed by atoms with Crippen molar-refractivity contribution in [3.8, 4) is 0 Å². The van der Waals surface area contributed by atoms with Crippen LogP contribution in [0.4, 0.5) is 18.9 Å². The summed E-state index contributed by atoms with van der Waals surface area (Å²) in [6.07, 6.45) is -5.95. The number of nitrogens with one attached hydrogen (secondary N) is 1. The molecule has 6 nitrogen and oxygen atoms in total. The maximum absolute atomic E-state index is 12.9. The highest BCUT2D eigenvalue weighted by Crippen LogP contribution is 2.34. The highest BCUT2D eigenvalue weighted by molar-refractivity contribution is 5.97. The fourth-order valence-electron chi connectivity index (χ4n) is 1.81. The van der Waals surface area contributed by atoms with Crippen molar-refractivity contribution in [3.05, 3.63) is 47.3 Å². The third-order valence-corrected chi connectivity index (χ3v) is 2.97. The van der Waals surface area contributed by atoms with Crippen LogP contribution >= 0.6 is 0 Å². The second kappa shape index (κ2) is 6.73. The fraction of sp³-hybridized carbons (Fsp3) is 0.267. The molecule has 1 heterocycles. The average molecular weight is 342 g/mol. The number of halogens is 3. The number of carbonyl (C=O) groups is 2. The van der Waals surface area contributed by atoms with E-state index < -0.39 is 35.4 Å². The van der Waals surface area contributed by atoms with Crippen LogP contribution in [0.3, 0.4) is 0 Å². The first-order valence-electron chi connectivity index (χ1n) is 6.80. The van der Waals surface area contributed by atoms with E-state index in [1.807, 2.05) is 0 Å². The quantitative estimate of drug-likeness (QED) is 0.863. The van der Waals surface area contributed by atoms with Gasteiger partial charge in [0.15, 0.2) is 6.10 Å². The van der Waals surface area contributed by atoms with E-state index in [9.17, 15) is 22.8 Å². The van der Waals surface area contributed by atoms with E-state index >= 15 is 0 Å². The number of ether oxygens (including phenoxy) is 1. The van der Waals surface area contributed by atoms with Crippen LogP contribution in [0, 0.1) is 6.92 Å². The highest BCUT2D eigenvalue weighted by Gasteiger charge is 2.34. The number of aromatic nitrogens is 1. The summed E-state index contributed by atoms with van der Waals surface area (Å²) in [6.45, 7) is 2.82. The molecule has 0 saturated heterocycles. The van der Waals surface area contributed by atoms with Gasteiger partial charge in [0.1, 0.15) is 0 Å². The molecular formula is C15H13F3N2O4. The number of anilines is 1. The number of alkyl halides is 3. The Morgan fingerprint density at radius 2 is 1.96 bits per heavy atom. The third-order valence-electron chi connectivity index (χ3n) is 2.97. The predicted molar refractivity (Wildman–Crippen MR) is 76.2 cm³/mol. The molecule has 1 atom stereocenters. The topological polar surface area (TPSA) is 81.4 Å². The van der Waals surface area contributed by atoms with Gasteiger partial charge in [-0.05, 0) is 26.0 Å². The first-order valence-corrected chi connectivity index (χ1v) is 6.80. The Bertz CT molecular complexity index is 755. The Kier molecular flexibility index (Phi) is 4.91. The monoisotopic (exact) mass is 342 g/mol. The van der Waals surface area contributed by atoms with E-state index in [0.29, 0.717) is 5.69 Å². The lowest BCUT2D eigenvalue weighted by molar-refractivity contribution is -0.137. The fourth-order valence-corrected chi connectivity index (χ4v) is 1.81. The molecule has 2 rings (SSSR count). The van der Waals surface area contributed by atoms with Gasteiger partial charge in [0.2, 0.25) is 5.76 Å². The second-order valence-corrected chi connectivity index (χ2v) is 4.91. The standard InChI is InChI=1S/C15H13F3N2O4/c1-8-7-12(24-20-8)14(22)23-9(2)13(21)19-11-6-4-3-5-10(11)15(16,17)18/h3-7,9H,1-2H3,(H,19,21)/t9-/m0/s1. The summed E-state index contributed by atoms with van der Waals surface area (Å²) in [5.41, 5.74) is -0.977. The van der Waals surface area contributed by atoms with Gasteiger partial charge in [-0.25, -0.2) is 4.79 Å². The predicted octanol–water partition coefficient (Wildman–Crippen LogP) is 3.19. The van der Waals surface area contributed by atoms with Crippen LogP contribution < -0.4 is 5.32 Å². The molecule has 1 aromatic heterocycles. The Balaban J connectivity index is 2.06. The molecule has 0 radical (unpaired) electrons. The first-order chi connectivity index (χ1) is 11.2. The van der Waals surface area contributed by atoms with E-state index in [0.717, 1.165) is 12.1 Å². The third kappa shape index (κ3) is 4.12. The normalized spacial score (nSPS) is 12.5. The molecule has 1 N–H and O–H groups in total. The minimum atomic E-state index is -4.62. The zero-order valence-corrected chi connectivity index (χ0v) is 12.7. The van der Waals surface area contributed by atoms with Gasteiger partial charge in [-0.2, -0.15) is 13.2 Å². The zero-order valence-electron chi connectivity index (χ0n) is 12.7. The number of esters is 1. The summed E-state index contributed by atoms with van der Waals surface area (Å²) < 4.78 is 48.2. The van der Waals surface area contributed by atoms with Gasteiger partial charge in [0.05, 0.1) is 16.9 Å². The van der Waals surface area contributed by atoms with Gasteiger partial charge in [-0.15, -0.1) is 0 Å². The number of hydrogen-bond acceptors (Lipinski definition) is 5. The Morgan fingerprint density at radius 1 is 1.29 bits per heavy atom. The molecule has 0 aliphatic carbocycles. The smallest absolute Gasteiger partial charge is 0.418 e. The molecule has 0 aliphatic heterocycles. The summed E-state index contributed by atoms with van der Waals surface area (Å²) >= 11 is 0. The zero-order chi connectivity index (χ0) is 17.9. The molecule has 9 heteroatoms. The summed E-state index contributed by atoms with van der Waals surface area (Å²) in [4.78, 5) is 23.7. The average Bonchev–Trinajstić information content (AvgIpc) is 2.93. The van der Waals surface area contributed by atoms with Gasteiger partial charge in [0.25, 0.3) is 5.91 Å². The minimum absolute atomic E-state index is 0.206. The van der Waals surface area contributed by atoms with Crippen LogP contribution in [0.15, 0.2) is 34.9 Å². The number of rotatable bonds is 4. The number of amides is 1. The van der Waals surface area contributed by atoms with Gasteiger partial charge in [-0.1, -0.05) is 17.3 Å². The molecule has 1 amide bonds. The molecule has 128 valence electrons. The van der Waals surface area contributed by atoms with Gasteiger partial charge < -0.3 is 14.6 Å². The van der Waals surface area contributed by atoms with Crippen molar-refractivity contribution in [1.29, 1.82) is 0 Å².